The average Bonchev–Trinajstić information content (AvgIpc) is 2.85. The molecule has 1 aliphatic heterocycles. The first-order valence-electron chi connectivity index (χ1n) is 7.88. The Morgan fingerprint density at radius 3 is 2.70 bits per heavy atom. The summed E-state index contributed by atoms with van der Waals surface area (Å²) in [6, 6.07) is 2.04. The van der Waals surface area contributed by atoms with E-state index >= 15 is 0 Å². The van der Waals surface area contributed by atoms with Crippen molar-refractivity contribution >= 4 is 29.5 Å². The SMILES string of the molecule is CC(C)(C)OC(=O)N1CCC(c2ccnc3[nH]c(=S)[nH]c23)CC1. The van der Waals surface area contributed by atoms with Gasteiger partial charge >= 0.3 is 6.09 Å². The fraction of sp³-hybridized carbons (Fsp3) is 0.562. The van der Waals surface area contributed by atoms with Crippen molar-refractivity contribution in [2.75, 3.05) is 13.1 Å². The van der Waals surface area contributed by atoms with Crippen LogP contribution in [0.25, 0.3) is 11.2 Å². The second-order valence-electron chi connectivity index (χ2n) is 6.94. The van der Waals surface area contributed by atoms with E-state index in [0.29, 0.717) is 23.8 Å². The molecular formula is C16H22N4O2S. The minimum absolute atomic E-state index is 0.225. The predicted molar refractivity (Wildman–Crippen MR) is 91.1 cm³/mol. The largest absolute Gasteiger partial charge is 0.444 e. The third-order valence-corrected chi connectivity index (χ3v) is 4.24. The number of imidazole rings is 1. The van der Waals surface area contributed by atoms with Crippen LogP contribution in [0.2, 0.25) is 0 Å². The second kappa shape index (κ2) is 5.96. The highest BCUT2D eigenvalue weighted by Gasteiger charge is 2.28. The summed E-state index contributed by atoms with van der Waals surface area (Å²) in [6.45, 7) is 7.07. The summed E-state index contributed by atoms with van der Waals surface area (Å²) in [6.07, 6.45) is 3.39. The summed E-state index contributed by atoms with van der Waals surface area (Å²) in [5.74, 6) is 0.389. The number of nitrogens with zero attached hydrogens (tertiary/aromatic N) is 2. The molecule has 0 aliphatic carbocycles. The summed E-state index contributed by atoms with van der Waals surface area (Å²) in [4.78, 5) is 24.5. The molecule has 3 heterocycles. The molecule has 0 unspecified atom stereocenters. The predicted octanol–water partition coefficient (Wildman–Crippen LogP) is 3.73. The van der Waals surface area contributed by atoms with Crippen LogP contribution in [0.3, 0.4) is 0 Å². The van der Waals surface area contributed by atoms with Crippen molar-refractivity contribution in [3.63, 3.8) is 0 Å². The Morgan fingerprint density at radius 2 is 2.04 bits per heavy atom. The van der Waals surface area contributed by atoms with Crippen molar-refractivity contribution in [3.05, 3.63) is 22.6 Å². The molecule has 0 bridgehead atoms. The van der Waals surface area contributed by atoms with Crippen molar-refractivity contribution in [1.29, 1.82) is 0 Å². The molecule has 1 amide bonds. The van der Waals surface area contributed by atoms with Gasteiger partial charge in [0.05, 0.1) is 5.52 Å². The number of carbonyl (C=O) groups excluding carboxylic acids is 1. The van der Waals surface area contributed by atoms with E-state index < -0.39 is 5.60 Å². The van der Waals surface area contributed by atoms with Gasteiger partial charge in [-0.3, -0.25) is 0 Å². The normalized spacial score (nSPS) is 16.7. The number of ether oxygens (including phenoxy) is 1. The lowest BCUT2D eigenvalue weighted by Crippen LogP contribution is -2.41. The minimum Gasteiger partial charge on any atom is -0.444 e. The number of carbonyl (C=O) groups is 1. The number of hydrogen-bond acceptors (Lipinski definition) is 4. The number of H-pyrrole nitrogens is 2. The van der Waals surface area contributed by atoms with Gasteiger partial charge in [0.1, 0.15) is 5.60 Å². The molecule has 1 saturated heterocycles. The van der Waals surface area contributed by atoms with Gasteiger partial charge in [0, 0.05) is 19.3 Å². The first-order chi connectivity index (χ1) is 10.8. The van der Waals surface area contributed by atoms with Crippen LogP contribution < -0.4 is 0 Å². The zero-order chi connectivity index (χ0) is 16.6. The molecular weight excluding hydrogens is 312 g/mol. The number of pyridine rings is 1. The summed E-state index contributed by atoms with van der Waals surface area (Å²) in [5, 5.41) is 0. The maximum Gasteiger partial charge on any atom is 0.410 e. The number of amides is 1. The number of likely N-dealkylation sites (tertiary alicyclic amines) is 1. The number of fused-ring (bicyclic) bond motifs is 1. The van der Waals surface area contributed by atoms with Crippen LogP contribution in [0.1, 0.15) is 45.1 Å². The lowest BCUT2D eigenvalue weighted by Gasteiger charge is -2.33. The Balaban J connectivity index is 1.71. The van der Waals surface area contributed by atoms with Crippen molar-refractivity contribution in [3.8, 4) is 0 Å². The molecule has 6 nitrogen and oxygen atoms in total. The number of aromatic nitrogens is 3. The van der Waals surface area contributed by atoms with Gasteiger partial charge in [-0.05, 0) is 63.4 Å². The smallest absolute Gasteiger partial charge is 0.410 e. The lowest BCUT2D eigenvalue weighted by atomic mass is 9.89. The molecule has 2 aromatic heterocycles. The van der Waals surface area contributed by atoms with Gasteiger partial charge < -0.3 is 19.6 Å². The van der Waals surface area contributed by atoms with E-state index in [0.717, 1.165) is 24.0 Å². The monoisotopic (exact) mass is 334 g/mol. The number of hydrogen-bond donors (Lipinski definition) is 2. The Hall–Kier alpha value is -1.89. The minimum atomic E-state index is -0.453. The molecule has 1 aliphatic rings. The summed E-state index contributed by atoms with van der Waals surface area (Å²) >= 11 is 5.16. The van der Waals surface area contributed by atoms with Gasteiger partial charge in [-0.15, -0.1) is 0 Å². The highest BCUT2D eigenvalue weighted by molar-refractivity contribution is 7.71. The van der Waals surface area contributed by atoms with Crippen LogP contribution in [0.4, 0.5) is 4.79 Å². The van der Waals surface area contributed by atoms with E-state index in [1.54, 1.807) is 11.1 Å². The number of rotatable bonds is 1. The molecule has 23 heavy (non-hydrogen) atoms. The van der Waals surface area contributed by atoms with Crippen LogP contribution in [0.15, 0.2) is 12.3 Å². The summed E-state index contributed by atoms with van der Waals surface area (Å²) in [5.41, 5.74) is 2.53. The summed E-state index contributed by atoms with van der Waals surface area (Å²) in [7, 11) is 0. The van der Waals surface area contributed by atoms with Crippen LogP contribution in [-0.4, -0.2) is 44.6 Å². The third-order valence-electron chi connectivity index (χ3n) is 4.04. The van der Waals surface area contributed by atoms with E-state index in [4.69, 9.17) is 17.0 Å². The van der Waals surface area contributed by atoms with Gasteiger partial charge in [-0.1, -0.05) is 0 Å². The Bertz CT molecular complexity index is 766. The van der Waals surface area contributed by atoms with E-state index in [1.807, 2.05) is 26.8 Å². The first kappa shape index (κ1) is 16.0. The fourth-order valence-corrected chi connectivity index (χ4v) is 3.19. The number of aromatic amines is 2. The molecule has 0 atom stereocenters. The van der Waals surface area contributed by atoms with Gasteiger partial charge in [0.15, 0.2) is 10.4 Å². The van der Waals surface area contributed by atoms with Gasteiger partial charge in [-0.2, -0.15) is 0 Å². The molecule has 2 aromatic rings. The molecule has 0 spiro atoms. The standard InChI is InChI=1S/C16H22N4O2S/c1-16(2,3)22-15(21)20-8-5-10(6-9-20)11-4-7-17-13-12(11)18-14(23)19-13/h4,7,10H,5-6,8-9H2,1-3H3,(H2,17,18,19,23). The quantitative estimate of drug-likeness (QED) is 0.779. The number of nitrogens with one attached hydrogen (secondary N) is 2. The van der Waals surface area contributed by atoms with E-state index in [9.17, 15) is 4.79 Å². The van der Waals surface area contributed by atoms with E-state index in [1.165, 1.54) is 5.56 Å². The molecule has 124 valence electrons. The second-order valence-corrected chi connectivity index (χ2v) is 7.35. The van der Waals surface area contributed by atoms with Gasteiger partial charge in [0.25, 0.3) is 0 Å². The van der Waals surface area contributed by atoms with Crippen molar-refractivity contribution in [1.82, 2.24) is 19.9 Å². The van der Waals surface area contributed by atoms with E-state index in [2.05, 4.69) is 15.0 Å². The van der Waals surface area contributed by atoms with Crippen molar-refractivity contribution in [2.45, 2.75) is 45.1 Å². The molecule has 0 aromatic carbocycles. The maximum absolute atomic E-state index is 12.1. The lowest BCUT2D eigenvalue weighted by molar-refractivity contribution is 0.0205. The molecule has 0 radical (unpaired) electrons. The molecule has 0 saturated carbocycles. The zero-order valence-corrected chi connectivity index (χ0v) is 14.5. The Morgan fingerprint density at radius 1 is 1.35 bits per heavy atom. The van der Waals surface area contributed by atoms with Gasteiger partial charge in [0.2, 0.25) is 0 Å². The van der Waals surface area contributed by atoms with Gasteiger partial charge in [-0.25, -0.2) is 9.78 Å². The molecule has 1 fully saturated rings. The van der Waals surface area contributed by atoms with Crippen LogP contribution in [0.5, 0.6) is 0 Å². The molecule has 2 N–H and O–H groups in total. The van der Waals surface area contributed by atoms with Crippen LogP contribution >= 0.6 is 12.2 Å². The fourth-order valence-electron chi connectivity index (χ4n) is 2.99. The van der Waals surface area contributed by atoms with Crippen LogP contribution in [0, 0.1) is 4.77 Å². The number of piperidine rings is 1. The molecule has 7 heteroatoms. The van der Waals surface area contributed by atoms with Crippen LogP contribution in [-0.2, 0) is 4.74 Å². The zero-order valence-electron chi connectivity index (χ0n) is 13.7. The molecule has 3 rings (SSSR count). The Labute approximate surface area is 140 Å². The average molecular weight is 334 g/mol. The van der Waals surface area contributed by atoms with Crippen molar-refractivity contribution in [2.24, 2.45) is 0 Å². The maximum atomic E-state index is 12.1. The van der Waals surface area contributed by atoms with Crippen molar-refractivity contribution < 1.29 is 9.53 Å². The Kier molecular flexibility index (Phi) is 4.14. The topological polar surface area (TPSA) is 74.0 Å². The highest BCUT2D eigenvalue weighted by atomic mass is 32.1. The third kappa shape index (κ3) is 3.55. The highest BCUT2D eigenvalue weighted by Crippen LogP contribution is 2.31. The van der Waals surface area contributed by atoms with E-state index in [-0.39, 0.29) is 6.09 Å². The summed E-state index contributed by atoms with van der Waals surface area (Å²) < 4.78 is 6.03. The first-order valence-corrected chi connectivity index (χ1v) is 8.29.